The van der Waals surface area contributed by atoms with E-state index in [0.717, 1.165) is 0 Å². The average Bonchev–Trinajstić information content (AvgIpc) is 3.08. The normalized spacial score (nSPS) is 11.9. The standard InChI is InChI=1S/C17H15F2N3O2/c1-3-5-7-14(6-4-2)23-11-13-9-8-12(10-20-13)16-21-22-17(24-16)15(18)19/h3-10,15H,1-2,11H2/b7-5-,14-6+. The van der Waals surface area contributed by atoms with Crippen LogP contribution < -0.4 is 0 Å². The number of aromatic nitrogens is 3. The molecule has 0 aliphatic carbocycles. The van der Waals surface area contributed by atoms with E-state index in [1.807, 2.05) is 0 Å². The number of hydrogen-bond acceptors (Lipinski definition) is 5. The summed E-state index contributed by atoms with van der Waals surface area (Å²) in [5.74, 6) is -0.119. The number of alkyl halides is 2. The first-order valence-electron chi connectivity index (χ1n) is 6.95. The minimum absolute atomic E-state index is 0.00794. The highest BCUT2D eigenvalue weighted by molar-refractivity contribution is 5.50. The van der Waals surface area contributed by atoms with E-state index in [1.54, 1.807) is 42.5 Å². The second-order valence-corrected chi connectivity index (χ2v) is 4.47. The van der Waals surface area contributed by atoms with Crippen molar-refractivity contribution in [2.75, 3.05) is 0 Å². The Kier molecular flexibility index (Phi) is 6.13. The Bertz CT molecular complexity index is 749. The van der Waals surface area contributed by atoms with Gasteiger partial charge in [0.1, 0.15) is 12.4 Å². The molecule has 0 fully saturated rings. The van der Waals surface area contributed by atoms with Gasteiger partial charge >= 0.3 is 6.43 Å². The van der Waals surface area contributed by atoms with Crippen molar-refractivity contribution in [2.24, 2.45) is 0 Å². The van der Waals surface area contributed by atoms with Crippen LogP contribution in [0, 0.1) is 0 Å². The van der Waals surface area contributed by atoms with E-state index < -0.39 is 12.3 Å². The molecule has 0 radical (unpaired) electrons. The topological polar surface area (TPSA) is 61.0 Å². The lowest BCUT2D eigenvalue weighted by atomic mass is 10.2. The number of rotatable bonds is 8. The Morgan fingerprint density at radius 3 is 2.67 bits per heavy atom. The van der Waals surface area contributed by atoms with E-state index in [1.165, 1.54) is 6.20 Å². The molecule has 0 aromatic carbocycles. The molecule has 124 valence electrons. The van der Waals surface area contributed by atoms with Gasteiger partial charge < -0.3 is 9.15 Å². The summed E-state index contributed by atoms with van der Waals surface area (Å²) in [6.45, 7) is 7.43. The molecular weight excluding hydrogens is 316 g/mol. The lowest BCUT2D eigenvalue weighted by Crippen LogP contribution is -1.95. The molecule has 2 aromatic rings. The van der Waals surface area contributed by atoms with Gasteiger partial charge in [0.05, 0.1) is 11.3 Å². The van der Waals surface area contributed by atoms with Crippen LogP contribution >= 0.6 is 0 Å². The first-order valence-corrected chi connectivity index (χ1v) is 6.95. The molecule has 24 heavy (non-hydrogen) atoms. The molecule has 2 heterocycles. The largest absolute Gasteiger partial charge is 0.487 e. The molecule has 5 nitrogen and oxygen atoms in total. The fourth-order valence-corrected chi connectivity index (χ4v) is 1.66. The van der Waals surface area contributed by atoms with Crippen LogP contribution in [0.4, 0.5) is 8.78 Å². The van der Waals surface area contributed by atoms with Gasteiger partial charge in [0.2, 0.25) is 5.89 Å². The molecule has 0 N–H and O–H groups in total. The monoisotopic (exact) mass is 331 g/mol. The van der Waals surface area contributed by atoms with Crippen molar-refractivity contribution in [3.8, 4) is 11.5 Å². The second-order valence-electron chi connectivity index (χ2n) is 4.47. The van der Waals surface area contributed by atoms with Crippen molar-refractivity contribution in [3.63, 3.8) is 0 Å². The van der Waals surface area contributed by atoms with Crippen LogP contribution in [0.5, 0.6) is 0 Å². The number of pyridine rings is 1. The fraction of sp³-hybridized carbons (Fsp3) is 0.118. The molecular formula is C17H15F2N3O2. The molecule has 2 rings (SSSR count). The van der Waals surface area contributed by atoms with Crippen molar-refractivity contribution in [1.29, 1.82) is 0 Å². The highest BCUT2D eigenvalue weighted by Gasteiger charge is 2.17. The summed E-state index contributed by atoms with van der Waals surface area (Å²) in [5, 5.41) is 6.83. The highest BCUT2D eigenvalue weighted by atomic mass is 19.3. The summed E-state index contributed by atoms with van der Waals surface area (Å²) < 4.78 is 35.3. The quantitative estimate of drug-likeness (QED) is 0.530. The van der Waals surface area contributed by atoms with Crippen molar-refractivity contribution < 1.29 is 17.9 Å². The van der Waals surface area contributed by atoms with Gasteiger partial charge in [0.15, 0.2) is 0 Å². The minimum atomic E-state index is -2.80. The second kappa shape index (κ2) is 8.52. The maximum Gasteiger partial charge on any atom is 0.314 e. The Morgan fingerprint density at radius 2 is 2.08 bits per heavy atom. The van der Waals surface area contributed by atoms with E-state index in [0.29, 0.717) is 17.0 Å². The zero-order chi connectivity index (χ0) is 17.4. The molecule has 0 amide bonds. The smallest absolute Gasteiger partial charge is 0.314 e. The lowest BCUT2D eigenvalue weighted by molar-refractivity contribution is 0.116. The molecule has 0 aliphatic heterocycles. The van der Waals surface area contributed by atoms with Crippen molar-refractivity contribution in [1.82, 2.24) is 15.2 Å². The zero-order valence-electron chi connectivity index (χ0n) is 12.7. The zero-order valence-corrected chi connectivity index (χ0v) is 12.7. The third kappa shape index (κ3) is 4.70. The Hall–Kier alpha value is -3.09. The molecule has 7 heteroatoms. The van der Waals surface area contributed by atoms with Gasteiger partial charge in [-0.05, 0) is 24.3 Å². The Morgan fingerprint density at radius 1 is 1.25 bits per heavy atom. The summed E-state index contributed by atoms with van der Waals surface area (Å²) >= 11 is 0. The van der Waals surface area contributed by atoms with E-state index in [9.17, 15) is 8.78 Å². The van der Waals surface area contributed by atoms with Gasteiger partial charge in [-0.2, -0.15) is 8.78 Å². The maximum absolute atomic E-state index is 12.4. The Labute approximate surface area is 137 Å². The molecule has 0 unspecified atom stereocenters. The predicted molar refractivity (Wildman–Crippen MR) is 84.9 cm³/mol. The Balaban J connectivity index is 2.03. The summed E-state index contributed by atoms with van der Waals surface area (Å²) in [7, 11) is 0. The maximum atomic E-state index is 12.4. The van der Waals surface area contributed by atoms with Crippen LogP contribution in [0.25, 0.3) is 11.5 Å². The molecule has 2 aromatic heterocycles. The number of allylic oxidation sites excluding steroid dienone is 5. The van der Waals surface area contributed by atoms with E-state index in [4.69, 9.17) is 9.15 Å². The van der Waals surface area contributed by atoms with Crippen LogP contribution in [0.1, 0.15) is 18.0 Å². The van der Waals surface area contributed by atoms with E-state index >= 15 is 0 Å². The van der Waals surface area contributed by atoms with Crippen molar-refractivity contribution in [3.05, 3.63) is 79.2 Å². The molecule has 0 spiro atoms. The van der Waals surface area contributed by atoms with Crippen molar-refractivity contribution in [2.45, 2.75) is 13.0 Å². The van der Waals surface area contributed by atoms with Gasteiger partial charge in [-0.3, -0.25) is 4.98 Å². The van der Waals surface area contributed by atoms with Gasteiger partial charge in [0.25, 0.3) is 5.89 Å². The molecule has 0 saturated carbocycles. The van der Waals surface area contributed by atoms with Crippen molar-refractivity contribution >= 4 is 0 Å². The number of hydrogen-bond donors (Lipinski definition) is 0. The summed E-state index contributed by atoms with van der Waals surface area (Å²) in [4.78, 5) is 4.18. The fourth-order valence-electron chi connectivity index (χ4n) is 1.66. The van der Waals surface area contributed by atoms with E-state index in [-0.39, 0.29) is 12.5 Å². The van der Waals surface area contributed by atoms with Crippen LogP contribution in [0.3, 0.4) is 0 Å². The van der Waals surface area contributed by atoms with Crippen LogP contribution in [-0.4, -0.2) is 15.2 Å². The molecule has 0 atom stereocenters. The number of halogens is 2. The first kappa shape index (κ1) is 17.3. The van der Waals surface area contributed by atoms with Crippen LogP contribution in [-0.2, 0) is 11.3 Å². The highest BCUT2D eigenvalue weighted by Crippen LogP contribution is 2.22. The average molecular weight is 331 g/mol. The third-order valence-electron chi connectivity index (χ3n) is 2.76. The summed E-state index contributed by atoms with van der Waals surface area (Å²) in [6, 6.07) is 3.33. The lowest BCUT2D eigenvalue weighted by Gasteiger charge is -2.06. The summed E-state index contributed by atoms with van der Waals surface area (Å²) in [6.07, 6.45) is 7.08. The third-order valence-corrected chi connectivity index (χ3v) is 2.76. The molecule has 0 saturated heterocycles. The van der Waals surface area contributed by atoms with E-state index in [2.05, 4.69) is 28.3 Å². The van der Waals surface area contributed by atoms with Gasteiger partial charge in [-0.15, -0.1) is 10.2 Å². The van der Waals surface area contributed by atoms with Crippen LogP contribution in [0.2, 0.25) is 0 Å². The number of ether oxygens (including phenoxy) is 1. The van der Waals surface area contributed by atoms with Gasteiger partial charge in [0, 0.05) is 6.20 Å². The minimum Gasteiger partial charge on any atom is -0.487 e. The predicted octanol–water partition coefficient (Wildman–Crippen LogP) is 4.40. The van der Waals surface area contributed by atoms with Gasteiger partial charge in [-0.1, -0.05) is 31.4 Å². The number of nitrogens with zero attached hydrogens (tertiary/aromatic N) is 3. The summed E-state index contributed by atoms with van der Waals surface area (Å²) in [5.41, 5.74) is 1.10. The molecule has 0 aliphatic rings. The van der Waals surface area contributed by atoms with Gasteiger partial charge in [-0.25, -0.2) is 0 Å². The molecule has 0 bridgehead atoms. The SMILES string of the molecule is C=C/C=C\C(=C/C=C)OCc1ccc(-c2nnc(C(F)F)o2)cn1. The van der Waals surface area contributed by atoms with Crippen LogP contribution in [0.15, 0.2) is 72.0 Å². The first-order chi connectivity index (χ1) is 11.6.